The number of aromatic nitrogens is 2. The van der Waals surface area contributed by atoms with E-state index in [1.54, 1.807) is 4.90 Å². The van der Waals surface area contributed by atoms with Crippen LogP contribution in [0.25, 0.3) is 0 Å². The minimum absolute atomic E-state index is 0.0461. The Morgan fingerprint density at radius 1 is 1.00 bits per heavy atom. The third-order valence-corrected chi connectivity index (χ3v) is 6.97. The number of carbonyl (C=O) groups is 3. The molecule has 0 bridgehead atoms. The number of hydrogen-bond acceptors (Lipinski definition) is 6. The normalized spacial score (nSPS) is 19.6. The summed E-state index contributed by atoms with van der Waals surface area (Å²) in [7, 11) is 0. The number of likely N-dealkylation sites (tertiary alicyclic amines) is 2. The molecule has 2 saturated heterocycles. The monoisotopic (exact) mass is 459 g/mol. The van der Waals surface area contributed by atoms with E-state index in [9.17, 15) is 18.8 Å². The molecule has 2 aromatic rings. The molecule has 1 unspecified atom stereocenters. The van der Waals surface area contributed by atoms with Gasteiger partial charge in [0.25, 0.3) is 11.8 Å². The zero-order valence-electron chi connectivity index (χ0n) is 17.9. The second kappa shape index (κ2) is 9.72. The predicted molar refractivity (Wildman–Crippen MR) is 118 cm³/mol. The van der Waals surface area contributed by atoms with Crippen molar-refractivity contribution in [2.45, 2.75) is 32.6 Å². The van der Waals surface area contributed by atoms with E-state index >= 15 is 0 Å². The first kappa shape index (κ1) is 22.3. The van der Waals surface area contributed by atoms with Crippen LogP contribution in [0.3, 0.4) is 0 Å². The lowest BCUT2D eigenvalue weighted by molar-refractivity contribution is -0.138. The molecule has 10 heteroatoms. The van der Waals surface area contributed by atoms with E-state index in [0.717, 1.165) is 50.1 Å². The van der Waals surface area contributed by atoms with Crippen LogP contribution in [0.15, 0.2) is 24.3 Å². The third-order valence-electron chi connectivity index (χ3n) is 6.06. The molecule has 4 rings (SSSR count). The third kappa shape index (κ3) is 5.12. The maximum Gasteiger partial charge on any atom is 0.286 e. The van der Waals surface area contributed by atoms with Gasteiger partial charge >= 0.3 is 0 Å². The van der Waals surface area contributed by atoms with Crippen molar-refractivity contribution >= 4 is 34.7 Å². The van der Waals surface area contributed by atoms with Gasteiger partial charge in [-0.2, -0.15) is 0 Å². The lowest BCUT2D eigenvalue weighted by Gasteiger charge is -2.37. The Morgan fingerprint density at radius 3 is 2.41 bits per heavy atom. The lowest BCUT2D eigenvalue weighted by atomic mass is 9.93. The average Bonchev–Trinajstić information content (AvgIpc) is 3.31. The van der Waals surface area contributed by atoms with Crippen molar-refractivity contribution in [1.29, 1.82) is 0 Å². The van der Waals surface area contributed by atoms with Crippen LogP contribution in [-0.2, 0) is 4.79 Å². The Balaban J connectivity index is 1.36. The smallest absolute Gasteiger partial charge is 0.286 e. The van der Waals surface area contributed by atoms with Gasteiger partial charge in [0, 0.05) is 31.9 Å². The molecule has 8 nitrogen and oxygen atoms in total. The van der Waals surface area contributed by atoms with Crippen molar-refractivity contribution in [3.8, 4) is 0 Å². The molecule has 0 radical (unpaired) electrons. The van der Waals surface area contributed by atoms with Crippen molar-refractivity contribution in [2.24, 2.45) is 11.8 Å². The van der Waals surface area contributed by atoms with Crippen LogP contribution in [-0.4, -0.2) is 63.9 Å². The number of halogens is 1. The average molecular weight is 460 g/mol. The first-order valence-electron chi connectivity index (χ1n) is 10.9. The summed E-state index contributed by atoms with van der Waals surface area (Å²) in [5, 5.41) is 10.5. The molecule has 0 aliphatic carbocycles. The number of rotatable bonds is 4. The van der Waals surface area contributed by atoms with Crippen molar-refractivity contribution in [2.75, 3.05) is 31.5 Å². The summed E-state index contributed by atoms with van der Waals surface area (Å²) in [4.78, 5) is 41.8. The van der Waals surface area contributed by atoms with E-state index in [-0.39, 0.29) is 27.7 Å². The lowest BCUT2D eigenvalue weighted by Crippen LogP contribution is -2.48. The quantitative estimate of drug-likeness (QED) is 0.758. The molecule has 2 fully saturated rings. The molecule has 0 spiro atoms. The zero-order chi connectivity index (χ0) is 22.7. The van der Waals surface area contributed by atoms with Crippen LogP contribution in [0.4, 0.5) is 10.1 Å². The van der Waals surface area contributed by atoms with E-state index in [4.69, 9.17) is 0 Å². The van der Waals surface area contributed by atoms with Gasteiger partial charge in [-0.05, 0) is 55.9 Å². The van der Waals surface area contributed by atoms with Gasteiger partial charge in [0.15, 0.2) is 0 Å². The first-order valence-corrected chi connectivity index (χ1v) is 11.7. The Morgan fingerprint density at radius 2 is 1.69 bits per heavy atom. The molecule has 170 valence electrons. The molecule has 0 saturated carbocycles. The molecule has 3 heterocycles. The van der Waals surface area contributed by atoms with E-state index in [1.165, 1.54) is 24.3 Å². The highest BCUT2D eigenvalue weighted by molar-refractivity contribution is 7.15. The Bertz CT molecular complexity index is 988. The molecule has 1 N–H and O–H groups in total. The highest BCUT2D eigenvalue weighted by Crippen LogP contribution is 2.25. The summed E-state index contributed by atoms with van der Waals surface area (Å²) in [5.74, 6) is -0.649. The first-order chi connectivity index (χ1) is 15.4. The Kier molecular flexibility index (Phi) is 6.78. The van der Waals surface area contributed by atoms with Crippen LogP contribution >= 0.6 is 11.3 Å². The summed E-state index contributed by atoms with van der Waals surface area (Å²) < 4.78 is 13.0. The summed E-state index contributed by atoms with van der Waals surface area (Å²) >= 11 is 0.908. The highest BCUT2D eigenvalue weighted by Gasteiger charge is 2.33. The second-order valence-corrected chi connectivity index (χ2v) is 9.45. The van der Waals surface area contributed by atoms with Crippen LogP contribution in [0, 0.1) is 17.7 Å². The van der Waals surface area contributed by atoms with Crippen LogP contribution in [0.1, 0.15) is 52.2 Å². The number of amides is 3. The maximum absolute atomic E-state index is 13.0. The van der Waals surface area contributed by atoms with Gasteiger partial charge in [0.05, 0.1) is 5.92 Å². The van der Waals surface area contributed by atoms with Crippen LogP contribution < -0.4 is 5.32 Å². The standard InChI is InChI=1S/C22H26FN5O3S/c1-14-8-11-27(12-9-14)21(30)15-3-2-10-28(13-15)22(31)20-26-25-19(32-20)18(29)24-17-6-4-16(23)5-7-17/h4-7,14-15H,2-3,8-13H2,1H3,(H,24,29). The maximum atomic E-state index is 13.0. The molecule has 32 heavy (non-hydrogen) atoms. The summed E-state index contributed by atoms with van der Waals surface area (Å²) in [6.07, 6.45) is 3.57. The van der Waals surface area contributed by atoms with Crippen LogP contribution in [0.2, 0.25) is 0 Å². The molecule has 1 atom stereocenters. The fourth-order valence-corrected chi connectivity index (χ4v) is 4.81. The number of piperidine rings is 2. The highest BCUT2D eigenvalue weighted by atomic mass is 32.1. The number of anilines is 1. The summed E-state index contributed by atoms with van der Waals surface area (Å²) in [5.41, 5.74) is 0.420. The number of nitrogens with one attached hydrogen (secondary N) is 1. The van der Waals surface area contributed by atoms with Gasteiger partial charge in [-0.3, -0.25) is 14.4 Å². The Hall–Kier alpha value is -2.88. The van der Waals surface area contributed by atoms with E-state index < -0.39 is 11.7 Å². The summed E-state index contributed by atoms with van der Waals surface area (Å²) in [6.45, 7) is 4.69. The van der Waals surface area contributed by atoms with Crippen molar-refractivity contribution in [3.05, 3.63) is 40.1 Å². The predicted octanol–water partition coefficient (Wildman–Crippen LogP) is 3.04. The molecule has 2 aliphatic heterocycles. The fraction of sp³-hybridized carbons (Fsp3) is 0.500. The molecular formula is C22H26FN5O3S. The summed E-state index contributed by atoms with van der Waals surface area (Å²) in [6, 6.07) is 5.36. The van der Waals surface area contributed by atoms with Gasteiger partial charge in [-0.15, -0.1) is 10.2 Å². The van der Waals surface area contributed by atoms with Gasteiger partial charge in [-0.25, -0.2) is 4.39 Å². The Labute approximate surface area is 189 Å². The SMILES string of the molecule is CC1CCN(C(=O)C2CCCN(C(=O)c3nnc(C(=O)Nc4ccc(F)cc4)s3)C2)CC1. The molecule has 1 aromatic heterocycles. The van der Waals surface area contributed by atoms with Crippen LogP contribution in [0.5, 0.6) is 0 Å². The van der Waals surface area contributed by atoms with Crippen molar-refractivity contribution < 1.29 is 18.8 Å². The number of hydrogen-bond donors (Lipinski definition) is 1. The zero-order valence-corrected chi connectivity index (χ0v) is 18.7. The van der Waals surface area contributed by atoms with E-state index in [2.05, 4.69) is 22.4 Å². The van der Waals surface area contributed by atoms with Gasteiger partial charge < -0.3 is 15.1 Å². The molecule has 3 amide bonds. The largest absolute Gasteiger partial charge is 0.342 e. The fourth-order valence-electron chi connectivity index (χ4n) is 4.10. The second-order valence-electron chi connectivity index (χ2n) is 8.47. The number of carbonyl (C=O) groups excluding carboxylic acids is 3. The number of nitrogens with zero attached hydrogens (tertiary/aromatic N) is 4. The minimum Gasteiger partial charge on any atom is -0.342 e. The van der Waals surface area contributed by atoms with Gasteiger partial charge in [0.2, 0.25) is 15.9 Å². The molecule has 1 aromatic carbocycles. The molecular weight excluding hydrogens is 433 g/mol. The van der Waals surface area contributed by atoms with Crippen molar-refractivity contribution in [1.82, 2.24) is 20.0 Å². The van der Waals surface area contributed by atoms with E-state index in [1.807, 2.05) is 4.90 Å². The van der Waals surface area contributed by atoms with Crippen molar-refractivity contribution in [3.63, 3.8) is 0 Å². The number of benzene rings is 1. The van der Waals surface area contributed by atoms with Gasteiger partial charge in [-0.1, -0.05) is 18.3 Å². The molecule has 2 aliphatic rings. The van der Waals surface area contributed by atoms with E-state index in [0.29, 0.717) is 24.7 Å². The minimum atomic E-state index is -0.515. The topological polar surface area (TPSA) is 95.5 Å². The van der Waals surface area contributed by atoms with Gasteiger partial charge in [0.1, 0.15) is 5.82 Å².